The van der Waals surface area contributed by atoms with Crippen LogP contribution in [0.1, 0.15) is 65.2 Å². The second-order valence-corrected chi connectivity index (χ2v) is 8.66. The largest absolute Gasteiger partial charge is 0.492 e. The average Bonchev–Trinajstić information content (AvgIpc) is 2.92. The molecule has 0 aliphatic heterocycles. The van der Waals surface area contributed by atoms with Crippen molar-refractivity contribution in [3.63, 3.8) is 0 Å². The molecule has 2 heteroatoms. The van der Waals surface area contributed by atoms with Crippen LogP contribution in [0.25, 0.3) is 0 Å². The zero-order valence-electron chi connectivity index (χ0n) is 15.9. The lowest BCUT2D eigenvalue weighted by Crippen LogP contribution is -2.41. The molecule has 4 unspecified atom stereocenters. The van der Waals surface area contributed by atoms with Crippen LogP contribution in [0.2, 0.25) is 0 Å². The predicted octanol–water partition coefficient (Wildman–Crippen LogP) is 5.85. The average molecular weight is 340 g/mol. The third-order valence-corrected chi connectivity index (χ3v) is 7.45. The smallest absolute Gasteiger partial charge is 0.139 e. The second kappa shape index (κ2) is 6.70. The molecule has 0 radical (unpaired) electrons. The molecular weight excluding hydrogens is 306 g/mol. The number of ether oxygens (including phenoxy) is 1. The van der Waals surface area contributed by atoms with Crippen molar-refractivity contribution in [1.29, 1.82) is 0 Å². The quantitative estimate of drug-likeness (QED) is 0.693. The summed E-state index contributed by atoms with van der Waals surface area (Å²) in [6, 6.07) is 0. The Labute approximate surface area is 153 Å². The molecule has 0 aromatic carbocycles. The minimum atomic E-state index is 0.627. The molecule has 25 heavy (non-hydrogen) atoms. The molecule has 136 valence electrons. The van der Waals surface area contributed by atoms with E-state index < -0.39 is 0 Å². The number of nitrogens with one attached hydrogen (secondary N) is 1. The van der Waals surface area contributed by atoms with Gasteiger partial charge in [0.05, 0.1) is 12.3 Å². The summed E-state index contributed by atoms with van der Waals surface area (Å²) in [7, 11) is 0. The van der Waals surface area contributed by atoms with E-state index in [1.807, 2.05) is 0 Å². The summed E-state index contributed by atoms with van der Waals surface area (Å²) in [4.78, 5) is 0. The number of allylic oxidation sites excluding steroid dienone is 4. The van der Waals surface area contributed by atoms with Gasteiger partial charge in [0.2, 0.25) is 0 Å². The van der Waals surface area contributed by atoms with E-state index >= 15 is 0 Å². The van der Waals surface area contributed by atoms with Gasteiger partial charge in [-0.3, -0.25) is 0 Å². The van der Waals surface area contributed by atoms with Gasteiger partial charge < -0.3 is 10.1 Å². The standard InChI is InChI=1S/C23H33NO/c1-4-24-21-11-9-16-8-10-18-17(19(16)15-22(21)25-5-2)12-14-23(3)13-6-7-20(18)23/h4,9,15,17-18,20,24H,1,5-8,10-14H2,2-3H3. The Hall–Kier alpha value is -1.44. The molecule has 0 amide bonds. The molecule has 4 atom stereocenters. The second-order valence-electron chi connectivity index (χ2n) is 8.66. The summed E-state index contributed by atoms with van der Waals surface area (Å²) in [6.45, 7) is 9.20. The first-order chi connectivity index (χ1) is 12.2. The highest BCUT2D eigenvalue weighted by Crippen LogP contribution is 2.61. The van der Waals surface area contributed by atoms with Crippen LogP contribution in [0.4, 0.5) is 0 Å². The molecule has 0 heterocycles. The summed E-state index contributed by atoms with van der Waals surface area (Å²) >= 11 is 0. The van der Waals surface area contributed by atoms with Crippen LogP contribution in [-0.2, 0) is 4.74 Å². The van der Waals surface area contributed by atoms with E-state index in [1.165, 1.54) is 44.9 Å². The molecule has 3 saturated carbocycles. The molecule has 4 aliphatic rings. The van der Waals surface area contributed by atoms with Crippen molar-refractivity contribution >= 4 is 0 Å². The lowest BCUT2D eigenvalue weighted by atomic mass is 9.55. The fraction of sp³-hybridized carbons (Fsp3) is 0.652. The minimum Gasteiger partial charge on any atom is -0.492 e. The first-order valence-corrected chi connectivity index (χ1v) is 10.3. The summed E-state index contributed by atoms with van der Waals surface area (Å²) in [5, 5.41) is 3.31. The molecule has 0 saturated heterocycles. The molecule has 0 bridgehead atoms. The molecule has 0 aromatic heterocycles. The lowest BCUT2D eigenvalue weighted by Gasteiger charge is -2.50. The van der Waals surface area contributed by atoms with Crippen molar-refractivity contribution in [2.24, 2.45) is 23.2 Å². The Morgan fingerprint density at radius 1 is 1.32 bits per heavy atom. The van der Waals surface area contributed by atoms with Crippen LogP contribution in [0.15, 0.2) is 47.5 Å². The van der Waals surface area contributed by atoms with Crippen molar-refractivity contribution in [2.75, 3.05) is 6.61 Å². The van der Waals surface area contributed by atoms with Crippen LogP contribution in [0, 0.1) is 23.2 Å². The molecule has 2 nitrogen and oxygen atoms in total. The summed E-state index contributed by atoms with van der Waals surface area (Å²) in [6.07, 6.45) is 17.3. The zero-order valence-corrected chi connectivity index (χ0v) is 15.9. The fourth-order valence-electron chi connectivity index (χ4n) is 6.29. The van der Waals surface area contributed by atoms with Crippen LogP contribution in [-0.4, -0.2) is 6.61 Å². The van der Waals surface area contributed by atoms with Crippen molar-refractivity contribution in [3.8, 4) is 0 Å². The maximum Gasteiger partial charge on any atom is 0.139 e. The van der Waals surface area contributed by atoms with E-state index in [9.17, 15) is 0 Å². The molecule has 4 aliphatic carbocycles. The lowest BCUT2D eigenvalue weighted by molar-refractivity contribution is 0.0438. The number of hydrogen-bond acceptors (Lipinski definition) is 2. The molecule has 0 aromatic rings. The van der Waals surface area contributed by atoms with Crippen molar-refractivity contribution < 1.29 is 4.74 Å². The Morgan fingerprint density at radius 3 is 3.00 bits per heavy atom. The van der Waals surface area contributed by atoms with Gasteiger partial charge in [-0.15, -0.1) is 0 Å². The van der Waals surface area contributed by atoms with Gasteiger partial charge in [0.1, 0.15) is 5.76 Å². The number of hydrogen-bond donors (Lipinski definition) is 1. The highest BCUT2D eigenvalue weighted by molar-refractivity contribution is 5.45. The Morgan fingerprint density at radius 2 is 2.20 bits per heavy atom. The Balaban J connectivity index is 1.69. The Bertz CT molecular complexity index is 640. The van der Waals surface area contributed by atoms with E-state index in [2.05, 4.69) is 37.9 Å². The molecule has 3 fully saturated rings. The highest BCUT2D eigenvalue weighted by Gasteiger charge is 2.50. The fourth-order valence-corrected chi connectivity index (χ4v) is 6.29. The molecule has 0 spiro atoms. The highest BCUT2D eigenvalue weighted by atomic mass is 16.5. The first-order valence-electron chi connectivity index (χ1n) is 10.3. The van der Waals surface area contributed by atoms with Crippen LogP contribution in [0.5, 0.6) is 0 Å². The minimum absolute atomic E-state index is 0.627. The molecular formula is C23H33NO. The van der Waals surface area contributed by atoms with E-state index in [0.29, 0.717) is 12.0 Å². The van der Waals surface area contributed by atoms with Gasteiger partial charge in [-0.05, 0) is 92.0 Å². The molecule has 4 rings (SSSR count). The maximum atomic E-state index is 6.02. The molecule has 1 N–H and O–H groups in total. The van der Waals surface area contributed by atoms with Gasteiger partial charge in [-0.1, -0.05) is 26.0 Å². The monoisotopic (exact) mass is 339 g/mol. The number of rotatable bonds is 4. The number of fused-ring (bicyclic) bond motifs is 5. The maximum absolute atomic E-state index is 6.02. The predicted molar refractivity (Wildman–Crippen MR) is 104 cm³/mol. The van der Waals surface area contributed by atoms with Gasteiger partial charge in [-0.2, -0.15) is 0 Å². The van der Waals surface area contributed by atoms with Crippen molar-refractivity contribution in [2.45, 2.75) is 65.2 Å². The summed E-state index contributed by atoms with van der Waals surface area (Å²) in [5.74, 6) is 3.61. The third kappa shape index (κ3) is 2.88. The van der Waals surface area contributed by atoms with E-state index in [4.69, 9.17) is 4.74 Å². The zero-order chi connectivity index (χ0) is 17.4. The topological polar surface area (TPSA) is 21.3 Å². The summed E-state index contributed by atoms with van der Waals surface area (Å²) < 4.78 is 6.02. The van der Waals surface area contributed by atoms with Crippen molar-refractivity contribution in [3.05, 3.63) is 47.5 Å². The van der Waals surface area contributed by atoms with E-state index in [1.54, 1.807) is 17.3 Å². The van der Waals surface area contributed by atoms with Crippen molar-refractivity contribution in [1.82, 2.24) is 5.32 Å². The third-order valence-electron chi connectivity index (χ3n) is 7.45. The first kappa shape index (κ1) is 17.0. The van der Waals surface area contributed by atoms with Gasteiger partial charge in [0.15, 0.2) is 0 Å². The van der Waals surface area contributed by atoms with Crippen LogP contribution >= 0.6 is 0 Å². The van der Waals surface area contributed by atoms with Crippen LogP contribution in [0.3, 0.4) is 0 Å². The van der Waals surface area contributed by atoms with Gasteiger partial charge in [0, 0.05) is 6.42 Å². The normalized spacial score (nSPS) is 37.1. The van der Waals surface area contributed by atoms with E-state index in [-0.39, 0.29) is 0 Å². The van der Waals surface area contributed by atoms with Gasteiger partial charge in [0.25, 0.3) is 0 Å². The van der Waals surface area contributed by atoms with Crippen LogP contribution < -0.4 is 5.32 Å². The van der Waals surface area contributed by atoms with Gasteiger partial charge in [-0.25, -0.2) is 0 Å². The Kier molecular flexibility index (Phi) is 4.56. The van der Waals surface area contributed by atoms with E-state index in [0.717, 1.165) is 35.6 Å². The SMILES string of the molecule is C=CNC1=C(OCC)C=C2C(=CC1)CCC1C2CCC2(C)CCCC12. The van der Waals surface area contributed by atoms with Gasteiger partial charge >= 0.3 is 0 Å². The summed E-state index contributed by atoms with van der Waals surface area (Å²) in [5.41, 5.74) is 4.96.